The van der Waals surface area contributed by atoms with Crippen molar-refractivity contribution in [1.82, 2.24) is 9.97 Å². The van der Waals surface area contributed by atoms with E-state index in [1.54, 1.807) is 0 Å². The molecule has 1 aromatic heterocycles. The Bertz CT molecular complexity index is 301. The highest BCUT2D eigenvalue weighted by atomic mass is 19.4. The predicted octanol–water partition coefficient (Wildman–Crippen LogP) is 1.48. The molecule has 0 aliphatic heterocycles. The van der Waals surface area contributed by atoms with Crippen molar-refractivity contribution in [2.75, 3.05) is 13.7 Å². The normalized spacial score (nSPS) is 11.7. The maximum Gasteiger partial charge on any atom is 0.451 e. The van der Waals surface area contributed by atoms with Crippen molar-refractivity contribution in [2.24, 2.45) is 0 Å². The average Bonchev–Trinajstić information content (AvgIpc) is 2.14. The quantitative estimate of drug-likeness (QED) is 0.749. The maximum atomic E-state index is 12.1. The number of ether oxygens (including phenoxy) is 1. The van der Waals surface area contributed by atoms with Gasteiger partial charge < -0.3 is 4.74 Å². The highest BCUT2D eigenvalue weighted by Crippen LogP contribution is 2.25. The molecule has 1 radical (unpaired) electrons. The van der Waals surface area contributed by atoms with Crippen molar-refractivity contribution >= 4 is 0 Å². The van der Waals surface area contributed by atoms with Gasteiger partial charge in [0, 0.05) is 19.2 Å². The van der Waals surface area contributed by atoms with Gasteiger partial charge in [-0.25, -0.2) is 9.97 Å². The van der Waals surface area contributed by atoms with Crippen LogP contribution in [0.5, 0.6) is 0 Å². The first-order valence-electron chi connectivity index (χ1n) is 3.84. The molecule has 77 valence electrons. The predicted molar refractivity (Wildman–Crippen MR) is 41.5 cm³/mol. The Morgan fingerprint density at radius 1 is 1.50 bits per heavy atom. The van der Waals surface area contributed by atoms with E-state index in [-0.39, 0.29) is 5.69 Å². The van der Waals surface area contributed by atoms with Crippen LogP contribution in [0, 0.1) is 6.20 Å². The highest BCUT2D eigenvalue weighted by Gasteiger charge is 2.34. The summed E-state index contributed by atoms with van der Waals surface area (Å²) in [6.45, 7) is 0.322. The van der Waals surface area contributed by atoms with Crippen LogP contribution >= 0.6 is 0 Å². The number of hydrogen-bond donors (Lipinski definition) is 0. The zero-order chi connectivity index (χ0) is 10.6. The van der Waals surface area contributed by atoms with Gasteiger partial charge in [-0.3, -0.25) is 0 Å². The van der Waals surface area contributed by atoms with Crippen LogP contribution in [-0.4, -0.2) is 23.7 Å². The number of aromatic nitrogens is 2. The van der Waals surface area contributed by atoms with Crippen LogP contribution in [-0.2, 0) is 17.3 Å². The molecule has 0 fully saturated rings. The smallest absolute Gasteiger partial charge is 0.384 e. The van der Waals surface area contributed by atoms with Crippen molar-refractivity contribution in [3.05, 3.63) is 23.8 Å². The van der Waals surface area contributed by atoms with Gasteiger partial charge in [0.1, 0.15) is 0 Å². The number of halogens is 3. The van der Waals surface area contributed by atoms with Gasteiger partial charge in [0.25, 0.3) is 0 Å². The molecule has 0 spiro atoms. The Morgan fingerprint density at radius 2 is 2.21 bits per heavy atom. The molecular weight excluding hydrogens is 197 g/mol. The molecule has 0 aromatic carbocycles. The molecule has 0 bridgehead atoms. The van der Waals surface area contributed by atoms with Gasteiger partial charge in [-0.15, -0.1) is 0 Å². The third-order valence-electron chi connectivity index (χ3n) is 1.47. The van der Waals surface area contributed by atoms with Crippen LogP contribution in [0.2, 0.25) is 0 Å². The second kappa shape index (κ2) is 4.36. The van der Waals surface area contributed by atoms with E-state index >= 15 is 0 Å². The number of rotatable bonds is 3. The minimum absolute atomic E-state index is 0.272. The van der Waals surface area contributed by atoms with Crippen molar-refractivity contribution < 1.29 is 17.9 Å². The maximum absolute atomic E-state index is 12.1. The van der Waals surface area contributed by atoms with E-state index in [0.717, 1.165) is 0 Å². The molecule has 6 heteroatoms. The summed E-state index contributed by atoms with van der Waals surface area (Å²) in [6, 6.07) is 1.31. The standard InChI is InChI=1S/C8H8F3N2O/c1-14-5-3-6-2-4-12-7(13-6)8(9,10)11/h2H,3,5H2,1H3. The summed E-state index contributed by atoms with van der Waals surface area (Å²) >= 11 is 0. The second-order valence-corrected chi connectivity index (χ2v) is 2.55. The van der Waals surface area contributed by atoms with Crippen molar-refractivity contribution in [1.29, 1.82) is 0 Å². The number of hydrogen-bond acceptors (Lipinski definition) is 3. The van der Waals surface area contributed by atoms with Crippen molar-refractivity contribution in [3.63, 3.8) is 0 Å². The Hall–Kier alpha value is -1.17. The van der Waals surface area contributed by atoms with Crippen LogP contribution in [0.15, 0.2) is 6.07 Å². The number of methoxy groups -OCH3 is 1. The fraction of sp³-hybridized carbons (Fsp3) is 0.500. The first-order valence-corrected chi connectivity index (χ1v) is 3.84. The van der Waals surface area contributed by atoms with Gasteiger partial charge in [-0.2, -0.15) is 13.2 Å². The minimum atomic E-state index is -4.51. The lowest BCUT2D eigenvalue weighted by atomic mass is 10.3. The first kappa shape index (κ1) is 10.9. The minimum Gasteiger partial charge on any atom is -0.384 e. The SMILES string of the molecule is COCCc1c[c]nc(C(F)(F)F)n1. The summed E-state index contributed by atoms with van der Waals surface area (Å²) in [4.78, 5) is 6.35. The monoisotopic (exact) mass is 205 g/mol. The molecule has 0 saturated heterocycles. The molecule has 1 rings (SSSR count). The summed E-state index contributed by atoms with van der Waals surface area (Å²) in [5.74, 6) is -1.16. The summed E-state index contributed by atoms with van der Waals surface area (Å²) in [7, 11) is 1.47. The van der Waals surface area contributed by atoms with Gasteiger partial charge >= 0.3 is 6.18 Å². The van der Waals surface area contributed by atoms with Crippen molar-refractivity contribution in [3.8, 4) is 0 Å². The Morgan fingerprint density at radius 3 is 2.79 bits per heavy atom. The zero-order valence-corrected chi connectivity index (χ0v) is 7.43. The van der Waals surface area contributed by atoms with E-state index in [2.05, 4.69) is 16.2 Å². The second-order valence-electron chi connectivity index (χ2n) is 2.55. The molecule has 0 unspecified atom stereocenters. The van der Waals surface area contributed by atoms with E-state index < -0.39 is 12.0 Å². The molecule has 0 N–H and O–H groups in total. The Balaban J connectivity index is 2.79. The zero-order valence-electron chi connectivity index (χ0n) is 7.43. The van der Waals surface area contributed by atoms with E-state index in [0.29, 0.717) is 13.0 Å². The van der Waals surface area contributed by atoms with Gasteiger partial charge in [0.15, 0.2) is 0 Å². The van der Waals surface area contributed by atoms with Gasteiger partial charge in [-0.05, 0) is 6.07 Å². The molecule has 1 aromatic rings. The third-order valence-corrected chi connectivity index (χ3v) is 1.47. The van der Waals surface area contributed by atoms with Crippen LogP contribution in [0.25, 0.3) is 0 Å². The summed E-state index contributed by atoms with van der Waals surface area (Å²) in [5, 5.41) is 0. The van der Waals surface area contributed by atoms with Gasteiger partial charge in [0.2, 0.25) is 5.82 Å². The third kappa shape index (κ3) is 2.95. The van der Waals surface area contributed by atoms with E-state index in [1.807, 2.05) is 0 Å². The lowest BCUT2D eigenvalue weighted by molar-refractivity contribution is -0.145. The van der Waals surface area contributed by atoms with Gasteiger partial charge in [-0.1, -0.05) is 0 Å². The van der Waals surface area contributed by atoms with Crippen LogP contribution in [0.3, 0.4) is 0 Å². The lowest BCUT2D eigenvalue weighted by Gasteiger charge is -2.05. The fourth-order valence-corrected chi connectivity index (χ4v) is 0.823. The molecule has 0 atom stereocenters. The Labute approximate surface area is 78.9 Å². The summed E-state index contributed by atoms with van der Waals surface area (Å²) < 4.78 is 41.1. The molecule has 1 heterocycles. The van der Waals surface area contributed by atoms with Gasteiger partial charge in [0.05, 0.1) is 12.8 Å². The molecule has 0 amide bonds. The van der Waals surface area contributed by atoms with Crippen LogP contribution in [0.4, 0.5) is 13.2 Å². The fourth-order valence-electron chi connectivity index (χ4n) is 0.823. The number of alkyl halides is 3. The molecule has 0 saturated carbocycles. The molecule has 14 heavy (non-hydrogen) atoms. The van der Waals surface area contributed by atoms with Crippen molar-refractivity contribution in [2.45, 2.75) is 12.6 Å². The van der Waals surface area contributed by atoms with E-state index in [4.69, 9.17) is 4.74 Å². The molecular formula is C8H8F3N2O. The summed E-state index contributed by atoms with van der Waals surface area (Å²) in [6.07, 6.45) is -2.04. The van der Waals surface area contributed by atoms with E-state index in [1.165, 1.54) is 13.2 Å². The molecule has 0 aliphatic carbocycles. The largest absolute Gasteiger partial charge is 0.451 e. The van der Waals surface area contributed by atoms with E-state index in [9.17, 15) is 13.2 Å². The Kier molecular flexibility index (Phi) is 3.40. The summed E-state index contributed by atoms with van der Waals surface area (Å²) in [5.41, 5.74) is 0.272. The number of nitrogens with zero attached hydrogens (tertiary/aromatic N) is 2. The first-order chi connectivity index (χ1) is 6.54. The molecule has 0 aliphatic rings. The average molecular weight is 205 g/mol. The van der Waals surface area contributed by atoms with Crippen LogP contribution in [0.1, 0.15) is 11.5 Å². The molecule has 3 nitrogen and oxygen atoms in total. The van der Waals surface area contributed by atoms with Crippen LogP contribution < -0.4 is 0 Å². The topological polar surface area (TPSA) is 35.0 Å². The highest BCUT2D eigenvalue weighted by molar-refractivity contribution is 5.03. The lowest BCUT2D eigenvalue weighted by Crippen LogP contribution is -2.12.